The summed E-state index contributed by atoms with van der Waals surface area (Å²) in [5, 5.41) is 3.05. The van der Waals surface area contributed by atoms with Crippen LogP contribution in [0.4, 0.5) is 0 Å². The number of imidazole rings is 1. The predicted molar refractivity (Wildman–Crippen MR) is 138 cm³/mol. The van der Waals surface area contributed by atoms with E-state index in [-0.39, 0.29) is 5.91 Å². The van der Waals surface area contributed by atoms with Crippen molar-refractivity contribution in [2.24, 2.45) is 0 Å². The number of unbranched alkanes of at least 4 members (excludes halogenated alkanes) is 1. The molecule has 1 aromatic heterocycles. The first-order valence-corrected chi connectivity index (χ1v) is 12.0. The van der Waals surface area contributed by atoms with E-state index in [1.807, 2.05) is 49.4 Å². The van der Waals surface area contributed by atoms with Crippen LogP contribution in [0.15, 0.2) is 66.7 Å². The Morgan fingerprint density at radius 1 is 0.882 bits per heavy atom. The Balaban J connectivity index is 1.35. The van der Waals surface area contributed by atoms with E-state index in [1.54, 1.807) is 0 Å². The molecule has 1 heterocycles. The number of carbonyl (C=O) groups is 1. The Kier molecular flexibility index (Phi) is 7.63. The van der Waals surface area contributed by atoms with Crippen LogP contribution < -0.4 is 10.1 Å². The Labute approximate surface area is 201 Å². The van der Waals surface area contributed by atoms with Crippen molar-refractivity contribution in [3.8, 4) is 5.75 Å². The second-order valence-electron chi connectivity index (χ2n) is 8.77. The van der Waals surface area contributed by atoms with E-state index < -0.39 is 0 Å². The average Bonchev–Trinajstić information content (AvgIpc) is 3.18. The van der Waals surface area contributed by atoms with Gasteiger partial charge in [-0.1, -0.05) is 48.5 Å². The van der Waals surface area contributed by atoms with Crippen molar-refractivity contribution in [1.82, 2.24) is 14.9 Å². The third kappa shape index (κ3) is 5.48. The highest BCUT2D eigenvalue weighted by Gasteiger charge is 2.12. The lowest BCUT2D eigenvalue weighted by atomic mass is 10.1. The Hall–Kier alpha value is -3.60. The van der Waals surface area contributed by atoms with Gasteiger partial charge >= 0.3 is 0 Å². The van der Waals surface area contributed by atoms with Gasteiger partial charge in [0.2, 0.25) is 0 Å². The molecule has 0 radical (unpaired) electrons. The van der Waals surface area contributed by atoms with Crippen molar-refractivity contribution in [3.63, 3.8) is 0 Å². The minimum atomic E-state index is -0.0376. The molecule has 0 aliphatic heterocycles. The summed E-state index contributed by atoms with van der Waals surface area (Å²) in [4.78, 5) is 17.4. The van der Waals surface area contributed by atoms with Gasteiger partial charge in [0, 0.05) is 25.1 Å². The molecule has 1 N–H and O–H groups in total. The standard InChI is InChI=1S/C29H33N3O2/c1-21-11-4-5-14-24(21)29(33)30-18-17-27-31-25-15-6-7-16-26(25)32(27)19-8-9-20-34-28-22(2)12-10-13-23(28)3/h4-7,10-16H,8-9,17-20H2,1-3H3,(H,30,33). The fraction of sp³-hybridized carbons (Fsp3) is 0.310. The van der Waals surface area contributed by atoms with Crippen molar-refractivity contribution in [1.29, 1.82) is 0 Å². The van der Waals surface area contributed by atoms with Crippen LogP contribution in [0.25, 0.3) is 11.0 Å². The lowest BCUT2D eigenvalue weighted by Gasteiger charge is -2.13. The summed E-state index contributed by atoms with van der Waals surface area (Å²) in [6, 6.07) is 22.1. The zero-order valence-corrected chi connectivity index (χ0v) is 20.3. The molecule has 0 unspecified atom stereocenters. The predicted octanol–water partition coefficient (Wildman–Crippen LogP) is 5.79. The number of carbonyl (C=O) groups excluding carboxylic acids is 1. The molecule has 176 valence electrons. The lowest BCUT2D eigenvalue weighted by Crippen LogP contribution is -2.27. The first-order valence-electron chi connectivity index (χ1n) is 12.0. The van der Waals surface area contributed by atoms with E-state index in [0.717, 1.165) is 53.1 Å². The van der Waals surface area contributed by atoms with Crippen LogP contribution in [0, 0.1) is 20.8 Å². The molecule has 0 aliphatic rings. The third-order valence-electron chi connectivity index (χ3n) is 6.19. The number of fused-ring (bicyclic) bond motifs is 1. The van der Waals surface area contributed by atoms with E-state index in [4.69, 9.17) is 9.72 Å². The molecule has 0 bridgehead atoms. The number of hydrogen-bond donors (Lipinski definition) is 1. The summed E-state index contributed by atoms with van der Waals surface area (Å²) < 4.78 is 8.36. The van der Waals surface area contributed by atoms with Crippen LogP contribution in [0.1, 0.15) is 45.7 Å². The maximum atomic E-state index is 12.6. The fourth-order valence-electron chi connectivity index (χ4n) is 4.35. The summed E-state index contributed by atoms with van der Waals surface area (Å²) in [6.07, 6.45) is 2.64. The molecule has 3 aromatic carbocycles. The van der Waals surface area contributed by atoms with Gasteiger partial charge in [-0.25, -0.2) is 4.98 Å². The third-order valence-corrected chi connectivity index (χ3v) is 6.19. The number of hydrogen-bond acceptors (Lipinski definition) is 3. The van der Waals surface area contributed by atoms with Crippen molar-refractivity contribution >= 4 is 16.9 Å². The molecule has 0 spiro atoms. The van der Waals surface area contributed by atoms with Gasteiger partial charge in [-0.2, -0.15) is 0 Å². The first kappa shape index (κ1) is 23.6. The number of ether oxygens (including phenoxy) is 1. The molecule has 0 atom stereocenters. The van der Waals surface area contributed by atoms with Crippen molar-refractivity contribution < 1.29 is 9.53 Å². The Morgan fingerprint density at radius 3 is 2.38 bits per heavy atom. The monoisotopic (exact) mass is 455 g/mol. The number of aromatic nitrogens is 2. The van der Waals surface area contributed by atoms with E-state index in [0.29, 0.717) is 19.6 Å². The summed E-state index contributed by atoms with van der Waals surface area (Å²) in [6.45, 7) is 8.25. The largest absolute Gasteiger partial charge is 0.493 e. The summed E-state index contributed by atoms with van der Waals surface area (Å²) in [5.74, 6) is 1.96. The molecule has 5 nitrogen and oxygen atoms in total. The van der Waals surface area contributed by atoms with Crippen molar-refractivity contribution in [2.75, 3.05) is 13.2 Å². The van der Waals surface area contributed by atoms with Gasteiger partial charge < -0.3 is 14.6 Å². The van der Waals surface area contributed by atoms with E-state index in [2.05, 4.69) is 48.0 Å². The van der Waals surface area contributed by atoms with Crippen LogP contribution >= 0.6 is 0 Å². The van der Waals surface area contributed by atoms with Crippen LogP contribution in [0.3, 0.4) is 0 Å². The van der Waals surface area contributed by atoms with Crippen LogP contribution in [0.5, 0.6) is 5.75 Å². The number of aryl methyl sites for hydroxylation is 4. The van der Waals surface area contributed by atoms with Crippen molar-refractivity contribution in [3.05, 3.63) is 94.8 Å². The lowest BCUT2D eigenvalue weighted by molar-refractivity contribution is 0.0953. The Bertz CT molecular complexity index is 1260. The summed E-state index contributed by atoms with van der Waals surface area (Å²) in [5.41, 5.74) is 6.19. The van der Waals surface area contributed by atoms with Crippen molar-refractivity contribution in [2.45, 2.75) is 46.6 Å². The fourth-order valence-corrected chi connectivity index (χ4v) is 4.35. The Morgan fingerprint density at radius 2 is 1.59 bits per heavy atom. The molecule has 4 rings (SSSR count). The highest BCUT2D eigenvalue weighted by molar-refractivity contribution is 5.95. The molecule has 34 heavy (non-hydrogen) atoms. The van der Waals surface area contributed by atoms with E-state index >= 15 is 0 Å². The minimum Gasteiger partial charge on any atom is -0.493 e. The number of para-hydroxylation sites is 3. The zero-order valence-electron chi connectivity index (χ0n) is 20.3. The maximum absolute atomic E-state index is 12.6. The van der Waals surface area contributed by atoms with E-state index in [9.17, 15) is 4.79 Å². The van der Waals surface area contributed by atoms with Gasteiger partial charge in [-0.3, -0.25) is 4.79 Å². The molecular formula is C29H33N3O2. The number of benzene rings is 3. The topological polar surface area (TPSA) is 56.2 Å². The highest BCUT2D eigenvalue weighted by Crippen LogP contribution is 2.23. The van der Waals surface area contributed by atoms with Gasteiger partial charge in [-0.15, -0.1) is 0 Å². The van der Waals surface area contributed by atoms with Gasteiger partial charge in [0.25, 0.3) is 5.91 Å². The first-order chi connectivity index (χ1) is 16.5. The average molecular weight is 456 g/mol. The number of rotatable bonds is 10. The minimum absolute atomic E-state index is 0.0376. The molecule has 0 saturated carbocycles. The summed E-state index contributed by atoms with van der Waals surface area (Å²) >= 11 is 0. The second-order valence-corrected chi connectivity index (χ2v) is 8.77. The normalized spacial score (nSPS) is 11.0. The SMILES string of the molecule is Cc1ccccc1C(=O)NCCc1nc2ccccc2n1CCCCOc1c(C)cccc1C. The molecule has 1 amide bonds. The quantitative estimate of drug-likeness (QED) is 0.308. The second kappa shape index (κ2) is 11.0. The van der Waals surface area contributed by atoms with Crippen LogP contribution in [-0.2, 0) is 13.0 Å². The van der Waals surface area contributed by atoms with Gasteiger partial charge in [0.15, 0.2) is 0 Å². The smallest absolute Gasteiger partial charge is 0.251 e. The number of amides is 1. The number of nitrogens with zero attached hydrogens (tertiary/aromatic N) is 2. The highest BCUT2D eigenvalue weighted by atomic mass is 16.5. The molecule has 0 fully saturated rings. The van der Waals surface area contributed by atoms with Gasteiger partial charge in [0.05, 0.1) is 17.6 Å². The maximum Gasteiger partial charge on any atom is 0.251 e. The molecule has 4 aromatic rings. The summed E-state index contributed by atoms with van der Waals surface area (Å²) in [7, 11) is 0. The molecule has 0 aliphatic carbocycles. The number of nitrogens with one attached hydrogen (secondary N) is 1. The van der Waals surface area contributed by atoms with Crippen LogP contribution in [0.2, 0.25) is 0 Å². The molecule has 0 saturated heterocycles. The van der Waals surface area contributed by atoms with Crippen LogP contribution in [-0.4, -0.2) is 28.6 Å². The molecule has 5 heteroatoms. The molecular weight excluding hydrogens is 422 g/mol. The van der Waals surface area contributed by atoms with Gasteiger partial charge in [0.1, 0.15) is 11.6 Å². The van der Waals surface area contributed by atoms with E-state index in [1.165, 1.54) is 11.1 Å². The zero-order chi connectivity index (χ0) is 23.9. The van der Waals surface area contributed by atoms with Gasteiger partial charge in [-0.05, 0) is 68.5 Å².